The van der Waals surface area contributed by atoms with E-state index in [2.05, 4.69) is 300 Å². The molecule has 410 valence electrons. The van der Waals surface area contributed by atoms with Crippen LogP contribution >= 0.6 is 22.7 Å². The second-order valence-electron chi connectivity index (χ2n) is 22.7. The van der Waals surface area contributed by atoms with Gasteiger partial charge in [0.05, 0.1) is 22.1 Å². The van der Waals surface area contributed by atoms with Crippen molar-refractivity contribution in [1.82, 2.24) is 24.1 Å². The maximum Gasteiger partial charge on any atom is 0.164 e. The minimum atomic E-state index is 0.634. The van der Waals surface area contributed by atoms with E-state index in [1.165, 1.54) is 95.4 Å². The summed E-state index contributed by atoms with van der Waals surface area (Å²) < 4.78 is 9.58. The number of hydrogen-bond acceptors (Lipinski definition) is 5. The lowest BCUT2D eigenvalue weighted by atomic mass is 9.98. The SMILES string of the molecule is c1ccc(-c2ccc(-n3c4ccccc4c4cc(-c5ccc6sc7cccc(-c8nc(-c9ccccc9)nc(-c9cccc%10sc%11ccc(-c%12ccc%13c(c%12)c%12ccccc%12n%13-c%12ccc(-c%13ccccc%13)cc%12)cc%11c9%10)n8)c7c6c5)ccc43)cc2)cc1. The van der Waals surface area contributed by atoms with Gasteiger partial charge in [-0.1, -0.05) is 200 Å². The van der Waals surface area contributed by atoms with Gasteiger partial charge < -0.3 is 9.13 Å². The Bertz CT molecular complexity index is 5440. The third kappa shape index (κ3) is 8.24. The van der Waals surface area contributed by atoms with E-state index in [0.717, 1.165) is 61.1 Å². The van der Waals surface area contributed by atoms with Gasteiger partial charge in [-0.25, -0.2) is 15.0 Å². The van der Waals surface area contributed by atoms with Crippen LogP contribution in [0.1, 0.15) is 0 Å². The zero-order valence-electron chi connectivity index (χ0n) is 47.3. The number of benzene rings is 13. The minimum absolute atomic E-state index is 0.634. The van der Waals surface area contributed by atoms with Crippen molar-refractivity contribution in [3.63, 3.8) is 0 Å². The fourth-order valence-corrected chi connectivity index (χ4v) is 15.7. The van der Waals surface area contributed by atoms with Crippen LogP contribution in [0.3, 0.4) is 0 Å². The van der Waals surface area contributed by atoms with Gasteiger partial charge in [-0.15, -0.1) is 22.7 Å². The van der Waals surface area contributed by atoms with Crippen LogP contribution in [0, 0.1) is 0 Å². The fraction of sp³-hybridized carbons (Fsp3) is 0. The molecule has 88 heavy (non-hydrogen) atoms. The van der Waals surface area contributed by atoms with E-state index in [1.807, 2.05) is 28.7 Å². The molecule has 0 spiro atoms. The van der Waals surface area contributed by atoms with Gasteiger partial charge in [-0.2, -0.15) is 0 Å². The first kappa shape index (κ1) is 50.3. The van der Waals surface area contributed by atoms with E-state index in [-0.39, 0.29) is 0 Å². The van der Waals surface area contributed by atoms with E-state index in [9.17, 15) is 0 Å². The molecule has 0 radical (unpaired) electrons. The quantitative estimate of drug-likeness (QED) is 0.145. The fourth-order valence-electron chi connectivity index (χ4n) is 13.4. The molecule has 0 aliphatic rings. The Morgan fingerprint density at radius 3 is 1.00 bits per heavy atom. The first-order chi connectivity index (χ1) is 43.6. The monoisotopic (exact) mass is 1160 g/mol. The zero-order valence-corrected chi connectivity index (χ0v) is 49.0. The molecule has 0 fully saturated rings. The summed E-state index contributed by atoms with van der Waals surface area (Å²) in [5.41, 5.74) is 19.3. The molecule has 0 saturated carbocycles. The molecule has 7 heteroatoms. The Hall–Kier alpha value is -11.1. The molecule has 13 aromatic carbocycles. The zero-order chi connectivity index (χ0) is 57.8. The van der Waals surface area contributed by atoms with Crippen LogP contribution in [-0.2, 0) is 0 Å². The van der Waals surface area contributed by atoms with Crippen LogP contribution in [0.2, 0.25) is 0 Å². The van der Waals surface area contributed by atoms with Gasteiger partial charge in [0.1, 0.15) is 0 Å². The summed E-state index contributed by atoms with van der Waals surface area (Å²) >= 11 is 3.62. The number of rotatable bonds is 9. The smallest absolute Gasteiger partial charge is 0.164 e. The Kier molecular flexibility index (Phi) is 11.6. The van der Waals surface area contributed by atoms with Crippen LogP contribution in [-0.4, -0.2) is 24.1 Å². The van der Waals surface area contributed by atoms with Crippen LogP contribution in [0.25, 0.3) is 174 Å². The largest absolute Gasteiger partial charge is 0.309 e. The molecule has 18 aromatic rings. The minimum Gasteiger partial charge on any atom is -0.309 e. The Labute approximate surface area is 514 Å². The predicted molar refractivity (Wildman–Crippen MR) is 372 cm³/mol. The van der Waals surface area contributed by atoms with E-state index in [0.29, 0.717) is 17.5 Å². The lowest BCUT2D eigenvalue weighted by Gasteiger charge is -2.11. The number of nitrogens with zero attached hydrogens (tertiary/aromatic N) is 5. The lowest BCUT2D eigenvalue weighted by molar-refractivity contribution is 1.08. The second-order valence-corrected chi connectivity index (χ2v) is 24.8. The van der Waals surface area contributed by atoms with Gasteiger partial charge in [0.25, 0.3) is 0 Å². The highest BCUT2D eigenvalue weighted by molar-refractivity contribution is 7.26. The highest BCUT2D eigenvalue weighted by Crippen LogP contribution is 2.46. The summed E-state index contributed by atoms with van der Waals surface area (Å²) in [5, 5.41) is 9.52. The molecule has 0 unspecified atom stereocenters. The van der Waals surface area contributed by atoms with Crippen LogP contribution in [0.4, 0.5) is 0 Å². The average molecular weight is 1160 g/mol. The van der Waals surface area contributed by atoms with E-state index < -0.39 is 0 Å². The second kappa shape index (κ2) is 20.3. The number of fused-ring (bicyclic) bond motifs is 12. The van der Waals surface area contributed by atoms with Crippen molar-refractivity contribution in [3.05, 3.63) is 297 Å². The van der Waals surface area contributed by atoms with Crippen molar-refractivity contribution in [3.8, 4) is 90.0 Å². The highest BCUT2D eigenvalue weighted by atomic mass is 32.1. The molecule has 0 amide bonds. The number of aromatic nitrogens is 5. The maximum absolute atomic E-state index is 5.54. The number of thiophene rings is 2. The summed E-state index contributed by atoms with van der Waals surface area (Å²) in [6.07, 6.45) is 0. The third-order valence-electron chi connectivity index (χ3n) is 17.6. The van der Waals surface area contributed by atoms with Crippen molar-refractivity contribution < 1.29 is 0 Å². The van der Waals surface area contributed by atoms with Crippen LogP contribution < -0.4 is 0 Å². The molecule has 0 saturated heterocycles. The summed E-state index contributed by atoms with van der Waals surface area (Å²) in [4.78, 5) is 16.3. The molecule has 0 atom stereocenters. The van der Waals surface area contributed by atoms with E-state index in [1.54, 1.807) is 0 Å². The van der Waals surface area contributed by atoms with Gasteiger partial charge in [0, 0.05) is 90.0 Å². The molecule has 5 aromatic heterocycles. The first-order valence-corrected chi connectivity index (χ1v) is 31.4. The topological polar surface area (TPSA) is 48.5 Å². The molecule has 5 heterocycles. The number of hydrogen-bond donors (Lipinski definition) is 0. The summed E-state index contributed by atoms with van der Waals surface area (Å²) in [5.74, 6) is 1.92. The van der Waals surface area contributed by atoms with Crippen molar-refractivity contribution in [1.29, 1.82) is 0 Å². The van der Waals surface area contributed by atoms with Crippen LogP contribution in [0.5, 0.6) is 0 Å². The standard InChI is InChI=1S/C81H49N5S2/c1-4-16-50(17-5-1)52-30-38-59(39-31-52)85-69-26-12-10-22-61(69)65-46-55(34-42-71(65)85)57-36-44-73-67(48-57)77-63(24-14-28-75(77)87-73)80-82-79(54-20-8-3-9-21-54)83-81(84-80)64-25-15-29-76-78(64)68-49-58(37-45-74(68)88-76)56-35-43-72-66(47-56)62-23-11-13-27-70(62)86(72)60-40-32-53(33-41-60)51-18-6-2-7-19-51/h1-49H. The lowest BCUT2D eigenvalue weighted by Crippen LogP contribution is -2.00. The molecule has 0 aliphatic carbocycles. The summed E-state index contributed by atoms with van der Waals surface area (Å²) in [7, 11) is 0. The molecule has 0 aliphatic heterocycles. The molecule has 5 nitrogen and oxygen atoms in total. The predicted octanol–water partition coefficient (Wildman–Crippen LogP) is 22.5. The van der Waals surface area contributed by atoms with Gasteiger partial charge in [-0.05, 0) is 142 Å². The molecule has 0 bridgehead atoms. The van der Waals surface area contributed by atoms with Crippen molar-refractivity contribution in [2.24, 2.45) is 0 Å². The normalized spacial score (nSPS) is 11.9. The molecule has 18 rings (SSSR count). The maximum atomic E-state index is 5.54. The Balaban J connectivity index is 0.746. The van der Waals surface area contributed by atoms with Crippen molar-refractivity contribution in [2.75, 3.05) is 0 Å². The van der Waals surface area contributed by atoms with Crippen molar-refractivity contribution >= 4 is 107 Å². The Morgan fingerprint density at radius 2 is 0.557 bits per heavy atom. The van der Waals surface area contributed by atoms with Crippen molar-refractivity contribution in [2.45, 2.75) is 0 Å². The molecule has 0 N–H and O–H groups in total. The van der Waals surface area contributed by atoms with E-state index in [4.69, 9.17) is 15.0 Å². The average Bonchev–Trinajstić information content (AvgIpc) is 1.69. The molecular formula is C81H49N5S2. The number of para-hydroxylation sites is 2. The summed E-state index contributed by atoms with van der Waals surface area (Å²) in [6.45, 7) is 0. The highest BCUT2D eigenvalue weighted by Gasteiger charge is 2.22. The first-order valence-electron chi connectivity index (χ1n) is 29.7. The Morgan fingerprint density at radius 1 is 0.216 bits per heavy atom. The molecular weight excluding hydrogens is 1110 g/mol. The van der Waals surface area contributed by atoms with E-state index >= 15 is 0 Å². The van der Waals surface area contributed by atoms with Gasteiger partial charge in [0.2, 0.25) is 0 Å². The third-order valence-corrected chi connectivity index (χ3v) is 19.9. The van der Waals surface area contributed by atoms with Gasteiger partial charge in [-0.3, -0.25) is 0 Å². The van der Waals surface area contributed by atoms with Gasteiger partial charge in [0.15, 0.2) is 17.5 Å². The van der Waals surface area contributed by atoms with Gasteiger partial charge >= 0.3 is 0 Å². The summed E-state index contributed by atoms with van der Waals surface area (Å²) in [6, 6.07) is 108. The van der Waals surface area contributed by atoms with Crippen LogP contribution in [0.15, 0.2) is 297 Å².